The summed E-state index contributed by atoms with van der Waals surface area (Å²) in [5, 5.41) is 0. The lowest BCUT2D eigenvalue weighted by Crippen LogP contribution is -2.07. The van der Waals surface area contributed by atoms with Crippen LogP contribution in [0.2, 0.25) is 0 Å². The van der Waals surface area contributed by atoms with Gasteiger partial charge in [0.05, 0.1) is 0 Å². The first-order chi connectivity index (χ1) is 8.63. The summed E-state index contributed by atoms with van der Waals surface area (Å²) < 4.78 is 2.23. The smallest absolute Gasteiger partial charge is 0.160 e. The van der Waals surface area contributed by atoms with E-state index in [-0.39, 0.29) is 0 Å². The van der Waals surface area contributed by atoms with E-state index in [4.69, 9.17) is 16.6 Å². The van der Waals surface area contributed by atoms with Gasteiger partial charge in [0, 0.05) is 25.0 Å². The summed E-state index contributed by atoms with van der Waals surface area (Å²) in [5.41, 5.74) is 3.19. The van der Waals surface area contributed by atoms with Crippen molar-refractivity contribution in [1.82, 2.24) is 14.5 Å². The van der Waals surface area contributed by atoms with Crippen LogP contribution in [0.1, 0.15) is 31.7 Å². The van der Waals surface area contributed by atoms with Crippen molar-refractivity contribution < 1.29 is 0 Å². The van der Waals surface area contributed by atoms with Crippen molar-refractivity contribution >= 4 is 22.8 Å². The molecular formula is C14H20ClN3. The Morgan fingerprint density at radius 3 is 2.83 bits per heavy atom. The first kappa shape index (κ1) is 13.3. The molecule has 2 rings (SSSR count). The summed E-state index contributed by atoms with van der Waals surface area (Å²) in [4.78, 5) is 9.18. The van der Waals surface area contributed by atoms with Gasteiger partial charge in [-0.3, -0.25) is 0 Å². The van der Waals surface area contributed by atoms with Gasteiger partial charge in [-0.05, 0) is 30.9 Å². The van der Waals surface area contributed by atoms with Crippen molar-refractivity contribution in [1.29, 1.82) is 0 Å². The molecule has 0 aliphatic rings. The minimum Gasteiger partial charge on any atom is -0.313 e. The Morgan fingerprint density at radius 2 is 2.17 bits per heavy atom. The maximum absolute atomic E-state index is 5.86. The van der Waals surface area contributed by atoms with Gasteiger partial charge in [-0.1, -0.05) is 13.8 Å². The lowest BCUT2D eigenvalue weighted by molar-refractivity contribution is 0.512. The molecule has 0 saturated carbocycles. The fraction of sp³-hybridized carbons (Fsp3) is 0.571. The minimum absolute atomic E-state index is 0.601. The van der Waals surface area contributed by atoms with Crippen LogP contribution in [0.25, 0.3) is 11.2 Å². The van der Waals surface area contributed by atoms with Crippen LogP contribution in [0.5, 0.6) is 0 Å². The summed E-state index contributed by atoms with van der Waals surface area (Å²) in [6.45, 7) is 7.52. The zero-order chi connectivity index (χ0) is 13.1. The summed E-state index contributed by atoms with van der Waals surface area (Å²) >= 11 is 5.86. The van der Waals surface area contributed by atoms with Gasteiger partial charge in [0.25, 0.3) is 0 Å². The van der Waals surface area contributed by atoms with E-state index < -0.39 is 0 Å². The Kier molecular flexibility index (Phi) is 4.23. The highest BCUT2D eigenvalue weighted by Gasteiger charge is 2.13. The molecule has 0 saturated heterocycles. The first-order valence-corrected chi connectivity index (χ1v) is 7.03. The quantitative estimate of drug-likeness (QED) is 0.774. The van der Waals surface area contributed by atoms with Crippen LogP contribution in [0, 0.1) is 12.8 Å². The molecule has 0 amide bonds. The van der Waals surface area contributed by atoms with E-state index in [0.717, 1.165) is 36.4 Å². The van der Waals surface area contributed by atoms with Crippen LogP contribution in [-0.4, -0.2) is 20.4 Å². The average Bonchev–Trinajstić information content (AvgIpc) is 2.66. The Labute approximate surface area is 113 Å². The number of pyridine rings is 1. The minimum atomic E-state index is 0.601. The van der Waals surface area contributed by atoms with E-state index in [1.54, 1.807) is 0 Å². The van der Waals surface area contributed by atoms with Crippen LogP contribution >= 0.6 is 11.6 Å². The molecule has 2 heterocycles. The number of alkyl halides is 1. The Bertz CT molecular complexity index is 531. The zero-order valence-electron chi connectivity index (χ0n) is 11.3. The topological polar surface area (TPSA) is 30.7 Å². The molecule has 2 aromatic rings. The largest absolute Gasteiger partial charge is 0.313 e. The molecule has 0 bridgehead atoms. The molecule has 0 radical (unpaired) electrons. The van der Waals surface area contributed by atoms with Crippen molar-refractivity contribution in [2.75, 3.05) is 5.88 Å². The number of rotatable bonds is 5. The lowest BCUT2D eigenvalue weighted by atomic mass is 10.1. The number of imidazole rings is 1. The van der Waals surface area contributed by atoms with Gasteiger partial charge in [0.1, 0.15) is 11.3 Å². The maximum atomic E-state index is 5.86. The Hall–Kier alpha value is -1.09. The summed E-state index contributed by atoms with van der Waals surface area (Å²) in [5.74, 6) is 2.34. The monoisotopic (exact) mass is 265 g/mol. The molecule has 18 heavy (non-hydrogen) atoms. The normalized spacial score (nSPS) is 11.6. The van der Waals surface area contributed by atoms with Crippen LogP contribution in [0.3, 0.4) is 0 Å². The molecule has 0 aliphatic carbocycles. The van der Waals surface area contributed by atoms with Gasteiger partial charge in [-0.15, -0.1) is 11.6 Å². The lowest BCUT2D eigenvalue weighted by Gasteiger charge is -2.09. The number of fused-ring (bicyclic) bond motifs is 1. The molecule has 3 nitrogen and oxygen atoms in total. The second-order valence-electron chi connectivity index (χ2n) is 5.10. The van der Waals surface area contributed by atoms with Crippen LogP contribution in [-0.2, 0) is 13.0 Å². The molecule has 0 fully saturated rings. The van der Waals surface area contributed by atoms with Crippen molar-refractivity contribution in [3.05, 3.63) is 23.7 Å². The van der Waals surface area contributed by atoms with Gasteiger partial charge in [0.15, 0.2) is 5.65 Å². The standard InChI is InChI=1S/C14H20ClN3/c1-10(2)6-9-18-12(4-7-15)17-13-11(3)5-8-16-14(13)18/h5,8,10H,4,6-7,9H2,1-3H3. The van der Waals surface area contributed by atoms with Crippen molar-refractivity contribution in [2.24, 2.45) is 5.92 Å². The van der Waals surface area contributed by atoms with Crippen molar-refractivity contribution in [3.8, 4) is 0 Å². The number of aromatic nitrogens is 3. The molecule has 98 valence electrons. The molecule has 0 unspecified atom stereocenters. The van der Waals surface area contributed by atoms with E-state index in [9.17, 15) is 0 Å². The first-order valence-electron chi connectivity index (χ1n) is 6.50. The molecule has 2 aromatic heterocycles. The number of hydrogen-bond acceptors (Lipinski definition) is 2. The van der Waals surface area contributed by atoms with Gasteiger partial charge < -0.3 is 4.57 Å². The third-order valence-corrected chi connectivity index (χ3v) is 3.35. The van der Waals surface area contributed by atoms with Crippen LogP contribution in [0.15, 0.2) is 12.3 Å². The number of hydrogen-bond donors (Lipinski definition) is 0. The van der Waals surface area contributed by atoms with E-state index in [0.29, 0.717) is 11.8 Å². The number of halogens is 1. The highest BCUT2D eigenvalue weighted by atomic mass is 35.5. The van der Waals surface area contributed by atoms with E-state index in [1.807, 2.05) is 12.3 Å². The summed E-state index contributed by atoms with van der Waals surface area (Å²) in [7, 11) is 0. The second-order valence-corrected chi connectivity index (χ2v) is 5.48. The van der Waals surface area contributed by atoms with Gasteiger partial charge in [-0.2, -0.15) is 0 Å². The zero-order valence-corrected chi connectivity index (χ0v) is 12.0. The molecule has 0 aromatic carbocycles. The molecule has 4 heteroatoms. The fourth-order valence-electron chi connectivity index (χ4n) is 2.08. The van der Waals surface area contributed by atoms with E-state index in [1.165, 1.54) is 5.56 Å². The summed E-state index contributed by atoms with van der Waals surface area (Å²) in [6, 6.07) is 2.01. The van der Waals surface area contributed by atoms with Gasteiger partial charge >= 0.3 is 0 Å². The number of aryl methyl sites for hydroxylation is 3. The molecular weight excluding hydrogens is 246 g/mol. The Morgan fingerprint density at radius 1 is 1.39 bits per heavy atom. The number of nitrogens with zero attached hydrogens (tertiary/aromatic N) is 3. The molecule has 0 atom stereocenters. The fourth-order valence-corrected chi connectivity index (χ4v) is 2.25. The van der Waals surface area contributed by atoms with Gasteiger partial charge in [-0.25, -0.2) is 9.97 Å². The van der Waals surface area contributed by atoms with E-state index >= 15 is 0 Å². The van der Waals surface area contributed by atoms with Gasteiger partial charge in [0.2, 0.25) is 0 Å². The third kappa shape index (κ3) is 2.66. The highest BCUT2D eigenvalue weighted by molar-refractivity contribution is 6.17. The molecule has 0 N–H and O–H groups in total. The Balaban J connectivity index is 2.45. The average molecular weight is 266 g/mol. The van der Waals surface area contributed by atoms with Crippen molar-refractivity contribution in [3.63, 3.8) is 0 Å². The molecule has 0 aliphatic heterocycles. The highest BCUT2D eigenvalue weighted by Crippen LogP contribution is 2.19. The van der Waals surface area contributed by atoms with Crippen LogP contribution < -0.4 is 0 Å². The SMILES string of the molecule is Cc1ccnc2c1nc(CCCl)n2CCC(C)C. The predicted molar refractivity (Wildman–Crippen MR) is 76.1 cm³/mol. The predicted octanol–water partition coefficient (Wildman–Crippen LogP) is 3.57. The molecule has 0 spiro atoms. The third-order valence-electron chi connectivity index (χ3n) is 3.16. The van der Waals surface area contributed by atoms with Crippen LogP contribution in [0.4, 0.5) is 0 Å². The van der Waals surface area contributed by atoms with E-state index in [2.05, 4.69) is 30.3 Å². The van der Waals surface area contributed by atoms with Crippen molar-refractivity contribution in [2.45, 2.75) is 40.2 Å². The second kappa shape index (κ2) is 5.70. The summed E-state index contributed by atoms with van der Waals surface area (Å²) in [6.07, 6.45) is 3.79. The maximum Gasteiger partial charge on any atom is 0.160 e.